The Kier molecular flexibility index (Phi) is 7.16. The van der Waals surface area contributed by atoms with Gasteiger partial charge in [0.25, 0.3) is 0 Å². The second-order valence-corrected chi connectivity index (χ2v) is 5.87. The standard InChI is InChI=1S/C18H27N3O3/c1-22-16-7-6-15(17(23-2)18(16)24-3)14-21-12-10-20(11-13-21)9-5-4-8-19/h6-7H,4-5,9-14H2,1-3H3. The first-order valence-electron chi connectivity index (χ1n) is 8.33. The van der Waals surface area contributed by atoms with Gasteiger partial charge in [0.15, 0.2) is 11.5 Å². The third-order valence-electron chi connectivity index (χ3n) is 4.41. The quantitative estimate of drug-likeness (QED) is 0.679. The summed E-state index contributed by atoms with van der Waals surface area (Å²) in [5, 5.41) is 8.62. The summed E-state index contributed by atoms with van der Waals surface area (Å²) in [4.78, 5) is 4.85. The van der Waals surface area contributed by atoms with E-state index in [2.05, 4.69) is 15.9 Å². The van der Waals surface area contributed by atoms with Crippen LogP contribution in [0.3, 0.4) is 0 Å². The van der Waals surface area contributed by atoms with Crippen molar-refractivity contribution in [3.05, 3.63) is 17.7 Å². The predicted molar refractivity (Wildman–Crippen MR) is 92.7 cm³/mol. The molecule has 0 amide bonds. The first-order chi connectivity index (χ1) is 11.7. The Hall–Kier alpha value is -1.97. The minimum absolute atomic E-state index is 0.642. The van der Waals surface area contributed by atoms with Crippen LogP contribution >= 0.6 is 0 Å². The second kappa shape index (κ2) is 9.36. The Morgan fingerprint density at radius 1 is 0.958 bits per heavy atom. The van der Waals surface area contributed by atoms with E-state index in [1.54, 1.807) is 21.3 Å². The van der Waals surface area contributed by atoms with E-state index in [1.807, 2.05) is 12.1 Å². The van der Waals surface area contributed by atoms with Gasteiger partial charge in [-0.3, -0.25) is 4.90 Å². The van der Waals surface area contributed by atoms with Crippen molar-refractivity contribution in [2.45, 2.75) is 19.4 Å². The molecule has 24 heavy (non-hydrogen) atoms. The number of nitrogens with zero attached hydrogens (tertiary/aromatic N) is 3. The molecule has 0 atom stereocenters. The Balaban J connectivity index is 1.96. The van der Waals surface area contributed by atoms with Crippen LogP contribution in [0.15, 0.2) is 12.1 Å². The lowest BCUT2D eigenvalue weighted by molar-refractivity contribution is 0.125. The molecule has 0 aromatic heterocycles. The van der Waals surface area contributed by atoms with E-state index in [0.717, 1.165) is 57.0 Å². The summed E-state index contributed by atoms with van der Waals surface area (Å²) >= 11 is 0. The summed E-state index contributed by atoms with van der Waals surface area (Å²) in [6.45, 7) is 5.97. The predicted octanol–water partition coefficient (Wildman–Crippen LogP) is 2.13. The minimum Gasteiger partial charge on any atom is -0.493 e. The molecule has 2 rings (SSSR count). The number of benzene rings is 1. The van der Waals surface area contributed by atoms with Crippen molar-refractivity contribution in [2.24, 2.45) is 0 Å². The van der Waals surface area contributed by atoms with Crippen LogP contribution in [-0.2, 0) is 6.54 Å². The van der Waals surface area contributed by atoms with E-state index in [0.29, 0.717) is 17.9 Å². The van der Waals surface area contributed by atoms with Gasteiger partial charge in [0.1, 0.15) is 0 Å². The monoisotopic (exact) mass is 333 g/mol. The molecule has 6 heteroatoms. The summed E-state index contributed by atoms with van der Waals surface area (Å²) in [5.74, 6) is 2.07. The van der Waals surface area contributed by atoms with Crippen molar-refractivity contribution in [1.82, 2.24) is 9.80 Å². The zero-order valence-corrected chi connectivity index (χ0v) is 14.9. The van der Waals surface area contributed by atoms with Gasteiger partial charge in [-0.05, 0) is 19.0 Å². The maximum atomic E-state index is 8.62. The van der Waals surface area contributed by atoms with Crippen LogP contribution in [0.25, 0.3) is 0 Å². The molecule has 0 unspecified atom stereocenters. The van der Waals surface area contributed by atoms with Crippen molar-refractivity contribution in [3.8, 4) is 23.3 Å². The molecular formula is C18H27N3O3. The van der Waals surface area contributed by atoms with Crippen molar-refractivity contribution in [1.29, 1.82) is 5.26 Å². The average Bonchev–Trinajstić information content (AvgIpc) is 2.62. The summed E-state index contributed by atoms with van der Waals surface area (Å²) in [5.41, 5.74) is 1.10. The number of hydrogen-bond acceptors (Lipinski definition) is 6. The number of rotatable bonds is 8. The summed E-state index contributed by atoms with van der Waals surface area (Å²) in [7, 11) is 4.92. The van der Waals surface area contributed by atoms with Crippen LogP contribution in [-0.4, -0.2) is 63.9 Å². The number of piperazine rings is 1. The molecule has 1 fully saturated rings. The fourth-order valence-electron chi connectivity index (χ4n) is 3.08. The van der Waals surface area contributed by atoms with Crippen LogP contribution in [0.5, 0.6) is 17.2 Å². The fourth-order valence-corrected chi connectivity index (χ4v) is 3.08. The van der Waals surface area contributed by atoms with Crippen LogP contribution in [0.1, 0.15) is 18.4 Å². The highest BCUT2D eigenvalue weighted by Gasteiger charge is 2.21. The third-order valence-corrected chi connectivity index (χ3v) is 4.41. The fraction of sp³-hybridized carbons (Fsp3) is 0.611. The molecular weight excluding hydrogens is 306 g/mol. The molecule has 1 aliphatic heterocycles. The van der Waals surface area contributed by atoms with Crippen molar-refractivity contribution in [3.63, 3.8) is 0 Å². The normalized spacial score (nSPS) is 15.8. The van der Waals surface area contributed by atoms with E-state index in [-0.39, 0.29) is 0 Å². The molecule has 132 valence electrons. The van der Waals surface area contributed by atoms with Gasteiger partial charge in [0, 0.05) is 44.7 Å². The molecule has 0 spiro atoms. The smallest absolute Gasteiger partial charge is 0.203 e. The van der Waals surface area contributed by atoms with Crippen molar-refractivity contribution in [2.75, 3.05) is 54.1 Å². The first kappa shape index (κ1) is 18.4. The van der Waals surface area contributed by atoms with Gasteiger partial charge in [-0.1, -0.05) is 6.07 Å². The topological polar surface area (TPSA) is 58.0 Å². The van der Waals surface area contributed by atoms with Crippen LogP contribution < -0.4 is 14.2 Å². The van der Waals surface area contributed by atoms with Gasteiger partial charge in [0.2, 0.25) is 5.75 Å². The molecule has 6 nitrogen and oxygen atoms in total. The highest BCUT2D eigenvalue weighted by Crippen LogP contribution is 2.40. The van der Waals surface area contributed by atoms with Gasteiger partial charge in [-0.15, -0.1) is 0 Å². The van der Waals surface area contributed by atoms with E-state index in [4.69, 9.17) is 19.5 Å². The van der Waals surface area contributed by atoms with E-state index < -0.39 is 0 Å². The molecule has 1 saturated heterocycles. The molecule has 0 aliphatic carbocycles. The first-order valence-corrected chi connectivity index (χ1v) is 8.33. The summed E-state index contributed by atoms with van der Waals surface area (Å²) in [6, 6.07) is 6.18. The molecule has 1 aromatic rings. The molecule has 1 heterocycles. The summed E-state index contributed by atoms with van der Waals surface area (Å²) in [6.07, 6.45) is 1.60. The van der Waals surface area contributed by atoms with Gasteiger partial charge in [-0.2, -0.15) is 5.26 Å². The Morgan fingerprint density at radius 3 is 2.21 bits per heavy atom. The minimum atomic E-state index is 0.642. The highest BCUT2D eigenvalue weighted by molar-refractivity contribution is 5.55. The average molecular weight is 333 g/mol. The van der Waals surface area contributed by atoms with Crippen LogP contribution in [0.2, 0.25) is 0 Å². The number of ether oxygens (including phenoxy) is 3. The van der Waals surface area contributed by atoms with Gasteiger partial charge >= 0.3 is 0 Å². The lowest BCUT2D eigenvalue weighted by Crippen LogP contribution is -2.46. The third kappa shape index (κ3) is 4.53. The number of unbranched alkanes of at least 4 members (excludes halogenated alkanes) is 1. The Morgan fingerprint density at radius 2 is 1.62 bits per heavy atom. The van der Waals surface area contributed by atoms with Crippen LogP contribution in [0, 0.1) is 11.3 Å². The second-order valence-electron chi connectivity index (χ2n) is 5.87. The zero-order chi connectivity index (χ0) is 17.4. The molecule has 1 aromatic carbocycles. The van der Waals surface area contributed by atoms with E-state index >= 15 is 0 Å². The number of methoxy groups -OCH3 is 3. The largest absolute Gasteiger partial charge is 0.493 e. The Bertz CT molecular complexity index is 563. The molecule has 1 aliphatic rings. The molecule has 0 N–H and O–H groups in total. The lowest BCUT2D eigenvalue weighted by Gasteiger charge is -2.34. The van der Waals surface area contributed by atoms with Crippen molar-refractivity contribution < 1.29 is 14.2 Å². The van der Waals surface area contributed by atoms with E-state index in [9.17, 15) is 0 Å². The number of hydrogen-bond donors (Lipinski definition) is 0. The zero-order valence-electron chi connectivity index (χ0n) is 14.9. The maximum Gasteiger partial charge on any atom is 0.203 e. The van der Waals surface area contributed by atoms with Gasteiger partial charge in [-0.25, -0.2) is 0 Å². The van der Waals surface area contributed by atoms with Gasteiger partial charge in [0.05, 0.1) is 27.4 Å². The number of nitriles is 1. The molecule has 0 radical (unpaired) electrons. The lowest BCUT2D eigenvalue weighted by atomic mass is 10.1. The van der Waals surface area contributed by atoms with E-state index in [1.165, 1.54) is 0 Å². The molecule has 0 bridgehead atoms. The van der Waals surface area contributed by atoms with Gasteiger partial charge < -0.3 is 19.1 Å². The summed E-state index contributed by atoms with van der Waals surface area (Å²) < 4.78 is 16.4. The Labute approximate surface area is 144 Å². The highest BCUT2D eigenvalue weighted by atomic mass is 16.5. The SMILES string of the molecule is COc1ccc(CN2CCN(CCCC#N)CC2)c(OC)c1OC. The van der Waals surface area contributed by atoms with Crippen molar-refractivity contribution >= 4 is 0 Å². The van der Waals surface area contributed by atoms with Crippen LogP contribution in [0.4, 0.5) is 0 Å². The maximum absolute atomic E-state index is 8.62. The molecule has 0 saturated carbocycles.